The first-order valence-electron chi connectivity index (χ1n) is 11.6. The van der Waals surface area contributed by atoms with Crippen LogP contribution in [-0.4, -0.2) is 43.0 Å². The van der Waals surface area contributed by atoms with Crippen LogP contribution in [-0.2, 0) is 21.5 Å². The lowest BCUT2D eigenvalue weighted by atomic mass is 9.86. The van der Waals surface area contributed by atoms with Gasteiger partial charge in [-0.15, -0.1) is 0 Å². The number of para-hydroxylation sites is 1. The SMILES string of the molecule is CCCCNC(=O)C(C)N(Cc1ccc(OC)cc1)C(=O)COc1ccccc1C(C)(C)C. The predicted octanol–water partition coefficient (Wildman–Crippen LogP) is 4.71. The third-order valence-electron chi connectivity index (χ3n) is 5.56. The Kier molecular flexibility index (Phi) is 9.76. The van der Waals surface area contributed by atoms with Crippen LogP contribution in [0.4, 0.5) is 0 Å². The highest BCUT2D eigenvalue weighted by molar-refractivity contribution is 5.88. The number of hydrogen-bond acceptors (Lipinski definition) is 4. The second-order valence-corrected chi connectivity index (χ2v) is 9.23. The fourth-order valence-corrected chi connectivity index (χ4v) is 3.48. The minimum absolute atomic E-state index is 0.116. The van der Waals surface area contributed by atoms with Crippen molar-refractivity contribution in [2.24, 2.45) is 0 Å². The zero-order valence-corrected chi connectivity index (χ0v) is 20.8. The van der Waals surface area contributed by atoms with Crippen LogP contribution in [0.1, 0.15) is 58.6 Å². The van der Waals surface area contributed by atoms with Gasteiger partial charge in [0, 0.05) is 13.1 Å². The normalized spacial score (nSPS) is 12.1. The molecule has 0 heterocycles. The van der Waals surface area contributed by atoms with Crippen molar-refractivity contribution < 1.29 is 19.1 Å². The van der Waals surface area contributed by atoms with Crippen LogP contribution in [0.5, 0.6) is 11.5 Å². The molecule has 6 heteroatoms. The van der Waals surface area contributed by atoms with E-state index in [9.17, 15) is 9.59 Å². The second-order valence-electron chi connectivity index (χ2n) is 9.23. The van der Waals surface area contributed by atoms with Gasteiger partial charge in [-0.1, -0.05) is 64.4 Å². The molecule has 0 aromatic heterocycles. The van der Waals surface area contributed by atoms with E-state index in [1.807, 2.05) is 48.5 Å². The van der Waals surface area contributed by atoms with Crippen LogP contribution in [0.15, 0.2) is 48.5 Å². The van der Waals surface area contributed by atoms with Gasteiger partial charge in [0.05, 0.1) is 7.11 Å². The number of methoxy groups -OCH3 is 1. The van der Waals surface area contributed by atoms with E-state index in [0.717, 1.165) is 29.7 Å². The Morgan fingerprint density at radius 3 is 2.33 bits per heavy atom. The van der Waals surface area contributed by atoms with Crippen molar-refractivity contribution in [2.75, 3.05) is 20.3 Å². The molecular weight excluding hydrogens is 416 g/mol. The maximum atomic E-state index is 13.3. The summed E-state index contributed by atoms with van der Waals surface area (Å²) in [5.74, 6) is 1.01. The molecule has 2 amide bonds. The zero-order chi connectivity index (χ0) is 24.4. The number of carbonyl (C=O) groups excluding carboxylic acids is 2. The van der Waals surface area contributed by atoms with Gasteiger partial charge >= 0.3 is 0 Å². The standard InChI is InChI=1S/C27H38N2O4/c1-7-8-17-28-26(31)20(2)29(18-21-13-15-22(32-6)16-14-21)25(30)19-33-24-12-10-9-11-23(24)27(3,4)5/h9-16,20H,7-8,17-19H2,1-6H3,(H,28,31). The van der Waals surface area contributed by atoms with Crippen molar-refractivity contribution in [1.29, 1.82) is 0 Å². The molecule has 1 N–H and O–H groups in total. The number of benzene rings is 2. The quantitative estimate of drug-likeness (QED) is 0.500. The molecule has 0 bridgehead atoms. The lowest BCUT2D eigenvalue weighted by Gasteiger charge is -2.29. The van der Waals surface area contributed by atoms with Crippen molar-refractivity contribution in [3.05, 3.63) is 59.7 Å². The lowest BCUT2D eigenvalue weighted by molar-refractivity contribution is -0.142. The zero-order valence-electron chi connectivity index (χ0n) is 20.8. The molecule has 0 aliphatic carbocycles. The molecule has 0 aliphatic heterocycles. The molecule has 2 rings (SSSR count). The second kappa shape index (κ2) is 12.3. The number of ether oxygens (including phenoxy) is 2. The van der Waals surface area contributed by atoms with E-state index >= 15 is 0 Å². The third-order valence-corrected chi connectivity index (χ3v) is 5.56. The number of hydrogen-bond donors (Lipinski definition) is 1. The summed E-state index contributed by atoms with van der Waals surface area (Å²) in [6, 6.07) is 14.6. The van der Waals surface area contributed by atoms with E-state index in [1.165, 1.54) is 0 Å². The highest BCUT2D eigenvalue weighted by Crippen LogP contribution is 2.31. The summed E-state index contributed by atoms with van der Waals surface area (Å²) in [5.41, 5.74) is 1.83. The first-order chi connectivity index (χ1) is 15.7. The largest absolute Gasteiger partial charge is 0.497 e. The minimum Gasteiger partial charge on any atom is -0.497 e. The number of carbonyl (C=O) groups is 2. The van der Waals surface area contributed by atoms with Gasteiger partial charge in [0.2, 0.25) is 5.91 Å². The molecule has 0 aliphatic rings. The van der Waals surface area contributed by atoms with Gasteiger partial charge in [-0.05, 0) is 48.1 Å². The van der Waals surface area contributed by atoms with E-state index in [0.29, 0.717) is 18.8 Å². The van der Waals surface area contributed by atoms with Gasteiger partial charge in [-0.3, -0.25) is 9.59 Å². The van der Waals surface area contributed by atoms with E-state index < -0.39 is 6.04 Å². The van der Waals surface area contributed by atoms with Crippen LogP contribution < -0.4 is 14.8 Å². The average molecular weight is 455 g/mol. The molecule has 0 radical (unpaired) electrons. The molecule has 0 spiro atoms. The Balaban J connectivity index is 2.19. The van der Waals surface area contributed by atoms with E-state index in [-0.39, 0.29) is 23.8 Å². The fraction of sp³-hybridized carbons (Fsp3) is 0.481. The fourth-order valence-electron chi connectivity index (χ4n) is 3.48. The van der Waals surface area contributed by atoms with Crippen molar-refractivity contribution >= 4 is 11.8 Å². The van der Waals surface area contributed by atoms with E-state index in [1.54, 1.807) is 18.9 Å². The number of amides is 2. The van der Waals surface area contributed by atoms with Crippen molar-refractivity contribution in [2.45, 2.75) is 65.5 Å². The minimum atomic E-state index is -0.627. The van der Waals surface area contributed by atoms with Crippen LogP contribution in [0.25, 0.3) is 0 Å². The summed E-state index contributed by atoms with van der Waals surface area (Å²) in [7, 11) is 1.61. The Labute approximate surface area is 198 Å². The molecule has 180 valence electrons. The van der Waals surface area contributed by atoms with Crippen molar-refractivity contribution in [3.8, 4) is 11.5 Å². The van der Waals surface area contributed by atoms with Gasteiger partial charge in [-0.25, -0.2) is 0 Å². The maximum Gasteiger partial charge on any atom is 0.261 e. The Morgan fingerprint density at radius 1 is 1.06 bits per heavy atom. The van der Waals surface area contributed by atoms with Crippen LogP contribution in [0.3, 0.4) is 0 Å². The smallest absolute Gasteiger partial charge is 0.261 e. The maximum absolute atomic E-state index is 13.3. The summed E-state index contributed by atoms with van der Waals surface area (Å²) in [6.07, 6.45) is 1.89. The highest BCUT2D eigenvalue weighted by atomic mass is 16.5. The molecule has 2 aromatic carbocycles. The number of nitrogens with zero attached hydrogens (tertiary/aromatic N) is 1. The van der Waals surface area contributed by atoms with Crippen LogP contribution in [0.2, 0.25) is 0 Å². The monoisotopic (exact) mass is 454 g/mol. The van der Waals surface area contributed by atoms with Crippen molar-refractivity contribution in [3.63, 3.8) is 0 Å². The topological polar surface area (TPSA) is 67.9 Å². The van der Waals surface area contributed by atoms with Gasteiger partial charge < -0.3 is 19.7 Å². The summed E-state index contributed by atoms with van der Waals surface area (Å²) >= 11 is 0. The molecule has 0 saturated heterocycles. The average Bonchev–Trinajstić information content (AvgIpc) is 2.80. The van der Waals surface area contributed by atoms with E-state index in [4.69, 9.17) is 9.47 Å². The molecule has 6 nitrogen and oxygen atoms in total. The molecule has 0 saturated carbocycles. The lowest BCUT2D eigenvalue weighted by Crippen LogP contribution is -2.49. The van der Waals surface area contributed by atoms with Crippen molar-refractivity contribution in [1.82, 2.24) is 10.2 Å². The predicted molar refractivity (Wildman–Crippen MR) is 132 cm³/mol. The van der Waals surface area contributed by atoms with E-state index in [2.05, 4.69) is 33.0 Å². The molecule has 2 aromatic rings. The van der Waals surface area contributed by atoms with Gasteiger partial charge in [0.15, 0.2) is 6.61 Å². The summed E-state index contributed by atoms with van der Waals surface area (Å²) in [4.78, 5) is 27.6. The molecule has 33 heavy (non-hydrogen) atoms. The number of unbranched alkanes of at least 4 members (excludes halogenated alkanes) is 1. The van der Waals surface area contributed by atoms with Gasteiger partial charge in [0.1, 0.15) is 17.5 Å². The Morgan fingerprint density at radius 2 is 1.73 bits per heavy atom. The Hall–Kier alpha value is -3.02. The first-order valence-corrected chi connectivity index (χ1v) is 11.6. The summed E-state index contributed by atoms with van der Waals surface area (Å²) < 4.78 is 11.2. The molecule has 1 unspecified atom stereocenters. The highest BCUT2D eigenvalue weighted by Gasteiger charge is 2.27. The summed E-state index contributed by atoms with van der Waals surface area (Å²) in [6.45, 7) is 10.9. The number of rotatable bonds is 11. The van der Waals surface area contributed by atoms with Gasteiger partial charge in [0.25, 0.3) is 5.91 Å². The first kappa shape index (κ1) is 26.2. The van der Waals surface area contributed by atoms with Crippen LogP contribution in [0, 0.1) is 0 Å². The molecular formula is C27H38N2O4. The molecule has 1 atom stereocenters. The third kappa shape index (κ3) is 7.81. The summed E-state index contributed by atoms with van der Waals surface area (Å²) in [5, 5.41) is 2.93. The number of nitrogens with one attached hydrogen (secondary N) is 1. The Bertz CT molecular complexity index is 903. The molecule has 0 fully saturated rings. The van der Waals surface area contributed by atoms with Gasteiger partial charge in [-0.2, -0.15) is 0 Å². The van der Waals surface area contributed by atoms with Crippen LogP contribution >= 0.6 is 0 Å².